The van der Waals surface area contributed by atoms with Crippen molar-refractivity contribution in [1.29, 1.82) is 0 Å². The Morgan fingerprint density at radius 3 is 2.88 bits per heavy atom. The van der Waals surface area contributed by atoms with Crippen LogP contribution in [0.2, 0.25) is 0 Å². The first-order valence-electron chi connectivity index (χ1n) is 9.48. The van der Waals surface area contributed by atoms with Crippen molar-refractivity contribution in [2.24, 2.45) is 5.92 Å². The molecule has 1 atom stereocenters. The monoisotopic (exact) mass is 347 g/mol. The van der Waals surface area contributed by atoms with Crippen LogP contribution in [0.1, 0.15) is 48.7 Å². The summed E-state index contributed by atoms with van der Waals surface area (Å²) in [6.07, 6.45) is 6.73. The van der Waals surface area contributed by atoms with Crippen LogP contribution >= 0.6 is 0 Å². The van der Waals surface area contributed by atoms with Gasteiger partial charge in [-0.3, -0.25) is 9.78 Å². The second kappa shape index (κ2) is 7.32. The summed E-state index contributed by atoms with van der Waals surface area (Å²) in [6.45, 7) is 2.00. The van der Waals surface area contributed by atoms with Gasteiger partial charge in [0.1, 0.15) is 0 Å². The van der Waals surface area contributed by atoms with Gasteiger partial charge in [-0.25, -0.2) is 0 Å². The molecule has 1 aliphatic carbocycles. The van der Waals surface area contributed by atoms with Gasteiger partial charge in [0.05, 0.1) is 11.7 Å². The average Bonchev–Trinajstić information content (AvgIpc) is 3.41. The molecule has 0 saturated heterocycles. The molecule has 3 aromatic rings. The Labute approximate surface area is 154 Å². The van der Waals surface area contributed by atoms with E-state index in [0.29, 0.717) is 12.3 Å². The number of para-hydroxylation sites is 1. The number of aromatic amines is 1. The molecule has 1 fully saturated rings. The van der Waals surface area contributed by atoms with Crippen LogP contribution in [-0.2, 0) is 11.2 Å². The zero-order chi connectivity index (χ0) is 17.9. The highest BCUT2D eigenvalue weighted by atomic mass is 16.1. The van der Waals surface area contributed by atoms with Gasteiger partial charge in [-0.15, -0.1) is 0 Å². The summed E-state index contributed by atoms with van der Waals surface area (Å²) in [7, 11) is 0. The number of hydrogen-bond donors (Lipinski definition) is 2. The lowest BCUT2D eigenvalue weighted by Gasteiger charge is -2.18. The summed E-state index contributed by atoms with van der Waals surface area (Å²) in [6, 6.07) is 14.4. The van der Waals surface area contributed by atoms with Crippen molar-refractivity contribution in [3.05, 3.63) is 65.6 Å². The Hall–Kier alpha value is -2.62. The Morgan fingerprint density at radius 1 is 1.23 bits per heavy atom. The summed E-state index contributed by atoms with van der Waals surface area (Å²) in [5, 5.41) is 4.49. The Kier molecular flexibility index (Phi) is 4.74. The molecular weight excluding hydrogens is 322 g/mol. The Bertz CT molecular complexity index is 910. The fourth-order valence-corrected chi connectivity index (χ4v) is 3.62. The highest BCUT2D eigenvalue weighted by molar-refractivity contribution is 5.83. The summed E-state index contributed by atoms with van der Waals surface area (Å²) in [5.74, 6) is 0.673. The SMILES string of the molecule is Cc1cccc(C(NC(=O)CCCc2c[nH]c3ccccc23)C2CC2)n1. The molecule has 0 bridgehead atoms. The van der Waals surface area contributed by atoms with Gasteiger partial charge >= 0.3 is 0 Å². The van der Waals surface area contributed by atoms with Crippen molar-refractivity contribution in [1.82, 2.24) is 15.3 Å². The summed E-state index contributed by atoms with van der Waals surface area (Å²) >= 11 is 0. The molecule has 0 radical (unpaired) electrons. The van der Waals surface area contributed by atoms with Crippen molar-refractivity contribution in [3.8, 4) is 0 Å². The van der Waals surface area contributed by atoms with E-state index in [4.69, 9.17) is 0 Å². The van der Waals surface area contributed by atoms with E-state index in [1.165, 1.54) is 23.8 Å². The van der Waals surface area contributed by atoms with Crippen molar-refractivity contribution >= 4 is 16.8 Å². The average molecular weight is 347 g/mol. The summed E-state index contributed by atoms with van der Waals surface area (Å²) in [4.78, 5) is 20.4. The summed E-state index contributed by atoms with van der Waals surface area (Å²) in [5.41, 5.74) is 4.44. The molecule has 2 heterocycles. The van der Waals surface area contributed by atoms with Crippen LogP contribution in [0.25, 0.3) is 10.9 Å². The third-order valence-electron chi connectivity index (χ3n) is 5.16. The molecule has 1 aliphatic rings. The lowest BCUT2D eigenvalue weighted by Crippen LogP contribution is -2.30. The lowest BCUT2D eigenvalue weighted by atomic mass is 10.1. The van der Waals surface area contributed by atoms with Gasteiger partial charge < -0.3 is 10.3 Å². The zero-order valence-electron chi connectivity index (χ0n) is 15.2. The molecule has 0 aliphatic heterocycles. The number of aryl methyl sites for hydroxylation is 2. The van der Waals surface area contributed by atoms with E-state index in [0.717, 1.165) is 29.7 Å². The number of carbonyl (C=O) groups excluding carboxylic acids is 1. The third kappa shape index (κ3) is 3.79. The molecule has 1 saturated carbocycles. The van der Waals surface area contributed by atoms with Crippen molar-refractivity contribution in [2.45, 2.75) is 45.1 Å². The number of benzene rings is 1. The molecular formula is C22H25N3O. The van der Waals surface area contributed by atoms with Crippen LogP contribution in [0, 0.1) is 12.8 Å². The number of H-pyrrole nitrogens is 1. The predicted octanol–water partition coefficient (Wildman–Crippen LogP) is 4.46. The van der Waals surface area contributed by atoms with Gasteiger partial charge in [-0.1, -0.05) is 24.3 Å². The van der Waals surface area contributed by atoms with Gasteiger partial charge in [0.2, 0.25) is 5.91 Å². The van der Waals surface area contributed by atoms with E-state index in [-0.39, 0.29) is 11.9 Å². The van der Waals surface area contributed by atoms with E-state index in [2.05, 4.69) is 39.7 Å². The maximum Gasteiger partial charge on any atom is 0.220 e. The number of rotatable bonds is 7. The molecule has 0 spiro atoms. The number of carbonyl (C=O) groups is 1. The van der Waals surface area contributed by atoms with Gasteiger partial charge in [-0.2, -0.15) is 0 Å². The lowest BCUT2D eigenvalue weighted by molar-refractivity contribution is -0.122. The van der Waals surface area contributed by atoms with Crippen LogP contribution in [0.15, 0.2) is 48.7 Å². The summed E-state index contributed by atoms with van der Waals surface area (Å²) < 4.78 is 0. The van der Waals surface area contributed by atoms with Crippen LogP contribution in [0.3, 0.4) is 0 Å². The Morgan fingerprint density at radius 2 is 2.08 bits per heavy atom. The minimum atomic E-state index is 0.0653. The Balaban J connectivity index is 1.34. The zero-order valence-corrected chi connectivity index (χ0v) is 15.2. The molecule has 2 aromatic heterocycles. The quantitative estimate of drug-likeness (QED) is 0.663. The highest BCUT2D eigenvalue weighted by Crippen LogP contribution is 2.40. The van der Waals surface area contributed by atoms with E-state index in [1.54, 1.807) is 0 Å². The van der Waals surface area contributed by atoms with Gasteiger partial charge in [0, 0.05) is 29.2 Å². The number of amides is 1. The van der Waals surface area contributed by atoms with Gasteiger partial charge in [0.25, 0.3) is 0 Å². The standard InChI is InChI=1S/C22H25N3O/c1-15-6-4-10-20(24-15)22(16-12-13-16)25-21(26)11-5-7-17-14-23-19-9-3-2-8-18(17)19/h2-4,6,8-10,14,16,22-23H,5,7,11-13H2,1H3,(H,25,26). The van der Waals surface area contributed by atoms with E-state index in [9.17, 15) is 4.79 Å². The first kappa shape index (κ1) is 16.8. The van der Waals surface area contributed by atoms with Crippen LogP contribution < -0.4 is 5.32 Å². The van der Waals surface area contributed by atoms with Crippen LogP contribution in [0.4, 0.5) is 0 Å². The molecule has 4 rings (SSSR count). The first-order chi connectivity index (χ1) is 12.7. The van der Waals surface area contributed by atoms with Gasteiger partial charge in [-0.05, 0) is 62.3 Å². The number of nitrogens with one attached hydrogen (secondary N) is 2. The molecule has 134 valence electrons. The number of fused-ring (bicyclic) bond motifs is 1. The molecule has 1 amide bonds. The molecule has 1 unspecified atom stereocenters. The molecule has 4 nitrogen and oxygen atoms in total. The number of hydrogen-bond acceptors (Lipinski definition) is 2. The van der Waals surface area contributed by atoms with Crippen LogP contribution in [0.5, 0.6) is 0 Å². The van der Waals surface area contributed by atoms with Crippen molar-refractivity contribution in [2.75, 3.05) is 0 Å². The number of pyridine rings is 1. The number of nitrogens with zero attached hydrogens (tertiary/aromatic N) is 1. The maximum atomic E-state index is 12.5. The minimum Gasteiger partial charge on any atom is -0.361 e. The fourth-order valence-electron chi connectivity index (χ4n) is 3.62. The smallest absolute Gasteiger partial charge is 0.220 e. The normalized spacial score (nSPS) is 15.1. The van der Waals surface area contributed by atoms with Crippen molar-refractivity contribution < 1.29 is 4.79 Å². The first-order valence-corrected chi connectivity index (χ1v) is 9.48. The second-order valence-electron chi connectivity index (χ2n) is 7.30. The van der Waals surface area contributed by atoms with E-state index < -0.39 is 0 Å². The maximum absolute atomic E-state index is 12.5. The minimum absolute atomic E-state index is 0.0653. The number of aromatic nitrogens is 2. The molecule has 1 aromatic carbocycles. The largest absolute Gasteiger partial charge is 0.361 e. The second-order valence-corrected chi connectivity index (χ2v) is 7.30. The predicted molar refractivity (Wildman–Crippen MR) is 104 cm³/mol. The molecule has 2 N–H and O–H groups in total. The highest BCUT2D eigenvalue weighted by Gasteiger charge is 2.34. The third-order valence-corrected chi connectivity index (χ3v) is 5.16. The van der Waals surface area contributed by atoms with E-state index >= 15 is 0 Å². The van der Waals surface area contributed by atoms with E-state index in [1.807, 2.05) is 31.2 Å². The topological polar surface area (TPSA) is 57.8 Å². The van der Waals surface area contributed by atoms with Crippen molar-refractivity contribution in [3.63, 3.8) is 0 Å². The molecule has 4 heteroatoms. The molecule has 26 heavy (non-hydrogen) atoms. The fraction of sp³-hybridized carbons (Fsp3) is 0.364. The van der Waals surface area contributed by atoms with Crippen LogP contribution in [-0.4, -0.2) is 15.9 Å². The van der Waals surface area contributed by atoms with Gasteiger partial charge in [0.15, 0.2) is 0 Å².